The molecule has 1 fully saturated rings. The molecular weight excluding hydrogens is 266 g/mol. The minimum atomic E-state index is -0.705. The highest BCUT2D eigenvalue weighted by Gasteiger charge is 2.48. The summed E-state index contributed by atoms with van der Waals surface area (Å²) in [7, 11) is -0.705. The van der Waals surface area contributed by atoms with E-state index in [0.717, 1.165) is 13.0 Å². The summed E-state index contributed by atoms with van der Waals surface area (Å²) >= 11 is 0. The van der Waals surface area contributed by atoms with Crippen LogP contribution in [0.5, 0.6) is 0 Å². The quantitative estimate of drug-likeness (QED) is 0.872. The molecule has 0 amide bonds. The van der Waals surface area contributed by atoms with Crippen LogP contribution in [0.1, 0.15) is 45.1 Å². The summed E-state index contributed by atoms with van der Waals surface area (Å²) in [6.07, 6.45) is 4.00. The van der Waals surface area contributed by atoms with E-state index in [0.29, 0.717) is 17.4 Å². The van der Waals surface area contributed by atoms with Crippen LogP contribution < -0.4 is 5.32 Å². The Hall–Kier alpha value is -0.670. The van der Waals surface area contributed by atoms with Gasteiger partial charge in [-0.2, -0.15) is 0 Å². The van der Waals surface area contributed by atoms with Crippen LogP contribution in [0.25, 0.3) is 0 Å². The SMILES string of the molecule is CC(CCNC1CC(c2ccccc2)C1(C)C)S(C)=O. The van der Waals surface area contributed by atoms with Gasteiger partial charge in [-0.15, -0.1) is 0 Å². The molecule has 1 saturated carbocycles. The van der Waals surface area contributed by atoms with E-state index in [9.17, 15) is 4.21 Å². The number of hydrogen-bond donors (Lipinski definition) is 1. The van der Waals surface area contributed by atoms with Gasteiger partial charge in [0.1, 0.15) is 0 Å². The molecule has 0 saturated heterocycles. The predicted octanol–water partition coefficient (Wildman–Crippen LogP) is 3.32. The molecule has 1 N–H and O–H groups in total. The van der Waals surface area contributed by atoms with Gasteiger partial charge in [-0.05, 0) is 36.3 Å². The zero-order chi connectivity index (χ0) is 14.8. The Morgan fingerprint density at radius 3 is 2.55 bits per heavy atom. The zero-order valence-corrected chi connectivity index (χ0v) is 13.9. The van der Waals surface area contributed by atoms with E-state index in [2.05, 4.69) is 56.4 Å². The van der Waals surface area contributed by atoms with Crippen molar-refractivity contribution < 1.29 is 4.21 Å². The Morgan fingerprint density at radius 1 is 1.35 bits per heavy atom. The van der Waals surface area contributed by atoms with Crippen molar-refractivity contribution in [1.29, 1.82) is 0 Å². The summed E-state index contributed by atoms with van der Waals surface area (Å²) in [6, 6.07) is 11.4. The van der Waals surface area contributed by atoms with Crippen LogP contribution in [-0.2, 0) is 10.8 Å². The highest BCUT2D eigenvalue weighted by molar-refractivity contribution is 7.84. The third-order valence-corrected chi connectivity index (χ3v) is 6.35. The van der Waals surface area contributed by atoms with E-state index in [1.54, 1.807) is 6.26 Å². The molecule has 20 heavy (non-hydrogen) atoms. The molecule has 0 aromatic heterocycles. The van der Waals surface area contributed by atoms with Crippen LogP contribution in [0.4, 0.5) is 0 Å². The van der Waals surface area contributed by atoms with Crippen LogP contribution in [0.15, 0.2) is 30.3 Å². The van der Waals surface area contributed by atoms with E-state index in [1.807, 2.05) is 0 Å². The van der Waals surface area contributed by atoms with Gasteiger partial charge in [0, 0.05) is 28.3 Å². The Balaban J connectivity index is 1.84. The topological polar surface area (TPSA) is 29.1 Å². The fourth-order valence-corrected chi connectivity index (χ4v) is 3.60. The number of benzene rings is 1. The van der Waals surface area contributed by atoms with Crippen LogP contribution >= 0.6 is 0 Å². The Kier molecular flexibility index (Phi) is 5.03. The Bertz CT molecular complexity index is 457. The first-order valence-corrected chi connectivity index (χ1v) is 9.15. The van der Waals surface area contributed by atoms with Gasteiger partial charge in [-0.25, -0.2) is 0 Å². The minimum absolute atomic E-state index is 0.288. The van der Waals surface area contributed by atoms with Gasteiger partial charge in [-0.3, -0.25) is 4.21 Å². The monoisotopic (exact) mass is 293 g/mol. The first kappa shape index (κ1) is 15.7. The zero-order valence-electron chi connectivity index (χ0n) is 13.1. The molecule has 3 heteroatoms. The van der Waals surface area contributed by atoms with Crippen LogP contribution in [0.3, 0.4) is 0 Å². The number of rotatable bonds is 6. The van der Waals surface area contributed by atoms with E-state index in [1.165, 1.54) is 12.0 Å². The smallest absolute Gasteiger partial charge is 0.0329 e. The average Bonchev–Trinajstić information content (AvgIpc) is 2.42. The molecule has 0 spiro atoms. The van der Waals surface area contributed by atoms with Gasteiger partial charge in [-0.1, -0.05) is 51.1 Å². The fraction of sp³-hybridized carbons (Fsp3) is 0.647. The van der Waals surface area contributed by atoms with Crippen molar-refractivity contribution in [3.05, 3.63) is 35.9 Å². The van der Waals surface area contributed by atoms with Gasteiger partial charge in [0.05, 0.1) is 0 Å². The molecule has 4 unspecified atom stereocenters. The molecule has 1 aliphatic carbocycles. The molecule has 2 rings (SSSR count). The second-order valence-electron chi connectivity index (χ2n) is 6.62. The van der Waals surface area contributed by atoms with Crippen LogP contribution in [0, 0.1) is 5.41 Å². The van der Waals surface area contributed by atoms with Crippen molar-refractivity contribution in [3.8, 4) is 0 Å². The maximum atomic E-state index is 11.4. The standard InChI is InChI=1S/C17H27NOS/c1-13(20(4)19)10-11-18-16-12-15(17(16,2)3)14-8-6-5-7-9-14/h5-9,13,15-16,18H,10-12H2,1-4H3. The maximum absolute atomic E-state index is 11.4. The molecule has 1 aromatic carbocycles. The lowest BCUT2D eigenvalue weighted by Gasteiger charge is -2.53. The van der Waals surface area contributed by atoms with E-state index in [4.69, 9.17) is 0 Å². The van der Waals surface area contributed by atoms with Gasteiger partial charge in [0.2, 0.25) is 0 Å². The lowest BCUT2D eigenvalue weighted by atomic mass is 9.56. The van der Waals surface area contributed by atoms with Gasteiger partial charge < -0.3 is 5.32 Å². The molecule has 0 heterocycles. The molecule has 2 nitrogen and oxygen atoms in total. The molecule has 1 aromatic rings. The molecule has 0 radical (unpaired) electrons. The van der Waals surface area contributed by atoms with Crippen molar-refractivity contribution in [2.45, 2.75) is 50.8 Å². The third-order valence-electron chi connectivity index (χ3n) is 4.98. The van der Waals surface area contributed by atoms with E-state index < -0.39 is 10.8 Å². The lowest BCUT2D eigenvalue weighted by molar-refractivity contribution is 0.0692. The molecular formula is C17H27NOS. The van der Waals surface area contributed by atoms with Crippen molar-refractivity contribution in [2.75, 3.05) is 12.8 Å². The second kappa shape index (κ2) is 6.40. The maximum Gasteiger partial charge on any atom is 0.0329 e. The minimum Gasteiger partial charge on any atom is -0.313 e. The largest absolute Gasteiger partial charge is 0.313 e. The van der Waals surface area contributed by atoms with Crippen LogP contribution in [0.2, 0.25) is 0 Å². The summed E-state index contributed by atoms with van der Waals surface area (Å²) in [5.41, 5.74) is 1.76. The summed E-state index contributed by atoms with van der Waals surface area (Å²) < 4.78 is 11.4. The summed E-state index contributed by atoms with van der Waals surface area (Å²) in [5, 5.41) is 3.95. The highest BCUT2D eigenvalue weighted by atomic mass is 32.2. The van der Waals surface area contributed by atoms with Crippen molar-refractivity contribution in [3.63, 3.8) is 0 Å². The van der Waals surface area contributed by atoms with E-state index in [-0.39, 0.29) is 5.25 Å². The van der Waals surface area contributed by atoms with Crippen molar-refractivity contribution in [1.82, 2.24) is 5.32 Å². The Labute approximate surface area is 125 Å². The normalized spacial score (nSPS) is 27.6. The molecule has 0 aliphatic heterocycles. The van der Waals surface area contributed by atoms with Gasteiger partial charge in [0.15, 0.2) is 0 Å². The van der Waals surface area contributed by atoms with Crippen LogP contribution in [-0.4, -0.2) is 28.3 Å². The Morgan fingerprint density at radius 2 is 2.00 bits per heavy atom. The molecule has 1 aliphatic rings. The average molecular weight is 293 g/mol. The number of hydrogen-bond acceptors (Lipinski definition) is 2. The van der Waals surface area contributed by atoms with Crippen molar-refractivity contribution >= 4 is 10.8 Å². The lowest BCUT2D eigenvalue weighted by Crippen LogP contribution is -2.55. The van der Waals surface area contributed by atoms with Gasteiger partial charge in [0.25, 0.3) is 0 Å². The first-order valence-electron chi connectivity index (χ1n) is 7.53. The molecule has 0 bridgehead atoms. The molecule has 4 atom stereocenters. The number of nitrogens with one attached hydrogen (secondary N) is 1. The summed E-state index contributed by atoms with van der Waals surface area (Å²) in [4.78, 5) is 0. The highest BCUT2D eigenvalue weighted by Crippen LogP contribution is 2.52. The van der Waals surface area contributed by atoms with E-state index >= 15 is 0 Å². The summed E-state index contributed by atoms with van der Waals surface area (Å²) in [6.45, 7) is 7.74. The second-order valence-corrected chi connectivity index (χ2v) is 8.43. The first-order chi connectivity index (χ1) is 9.43. The predicted molar refractivity (Wildman–Crippen MR) is 87.5 cm³/mol. The van der Waals surface area contributed by atoms with Crippen molar-refractivity contribution in [2.24, 2.45) is 5.41 Å². The summed E-state index contributed by atoms with van der Waals surface area (Å²) in [5.74, 6) is 0.652. The van der Waals surface area contributed by atoms with Gasteiger partial charge >= 0.3 is 0 Å². The molecule has 112 valence electrons. The third kappa shape index (κ3) is 3.32. The fourth-order valence-electron chi connectivity index (χ4n) is 3.15.